The molecule has 1 aromatic carbocycles. The maximum atomic E-state index is 12.3. The van der Waals surface area contributed by atoms with Crippen LogP contribution < -0.4 is 10.5 Å². The molecule has 1 heterocycles. The van der Waals surface area contributed by atoms with Crippen molar-refractivity contribution in [2.45, 2.75) is 26.2 Å². The van der Waals surface area contributed by atoms with E-state index in [4.69, 9.17) is 19.9 Å². The van der Waals surface area contributed by atoms with Gasteiger partial charge in [-0.3, -0.25) is 9.59 Å². The highest BCUT2D eigenvalue weighted by Crippen LogP contribution is 2.21. The molecular weight excluding hydrogens is 348 g/mol. The first-order chi connectivity index (χ1) is 13.0. The van der Waals surface area contributed by atoms with Gasteiger partial charge >= 0.3 is 0 Å². The number of carbonyl (C=O) groups excluding carboxylic acids is 2. The Morgan fingerprint density at radius 1 is 1.22 bits per heavy atom. The van der Waals surface area contributed by atoms with Gasteiger partial charge in [-0.2, -0.15) is 0 Å². The molecular formula is C20H30N2O5. The van der Waals surface area contributed by atoms with Crippen LogP contribution in [0.5, 0.6) is 5.75 Å². The van der Waals surface area contributed by atoms with E-state index in [1.165, 1.54) is 0 Å². The fourth-order valence-corrected chi connectivity index (χ4v) is 3.00. The van der Waals surface area contributed by atoms with Crippen LogP contribution in [0.1, 0.15) is 24.5 Å². The van der Waals surface area contributed by atoms with Gasteiger partial charge in [0, 0.05) is 32.7 Å². The number of aryl methyl sites for hydroxylation is 1. The second kappa shape index (κ2) is 10.9. The molecule has 2 amide bonds. The van der Waals surface area contributed by atoms with Crippen molar-refractivity contribution >= 4 is 11.8 Å². The lowest BCUT2D eigenvalue weighted by molar-refractivity contribution is -0.137. The second-order valence-corrected chi connectivity index (χ2v) is 6.87. The zero-order valence-corrected chi connectivity index (χ0v) is 16.2. The number of morpholine rings is 1. The molecule has 1 aliphatic rings. The number of benzene rings is 1. The summed E-state index contributed by atoms with van der Waals surface area (Å²) in [5.74, 6) is 0.000133. The standard InChI is InChI=1S/C20H30N2O5/c1-15(20(21)24)10-17-11-16(4-3-7-25-2)12-18(13-17)27-14-19(23)22-5-8-26-9-6-22/h11-13,15H,3-10,14H2,1-2H3,(H2,21,24). The van der Waals surface area contributed by atoms with Gasteiger partial charge in [0.15, 0.2) is 6.61 Å². The molecule has 7 nitrogen and oxygen atoms in total. The van der Waals surface area contributed by atoms with Crippen LogP contribution in [0.15, 0.2) is 18.2 Å². The van der Waals surface area contributed by atoms with Crippen LogP contribution in [0.25, 0.3) is 0 Å². The van der Waals surface area contributed by atoms with E-state index in [1.54, 1.807) is 12.0 Å². The fourth-order valence-electron chi connectivity index (χ4n) is 3.00. The van der Waals surface area contributed by atoms with Crippen molar-refractivity contribution in [2.75, 3.05) is 46.6 Å². The predicted molar refractivity (Wildman–Crippen MR) is 102 cm³/mol. The summed E-state index contributed by atoms with van der Waals surface area (Å²) in [6.07, 6.45) is 2.26. The highest BCUT2D eigenvalue weighted by Gasteiger charge is 2.18. The van der Waals surface area contributed by atoms with E-state index < -0.39 is 0 Å². The van der Waals surface area contributed by atoms with Gasteiger partial charge in [0.1, 0.15) is 5.75 Å². The molecule has 2 N–H and O–H groups in total. The van der Waals surface area contributed by atoms with Crippen LogP contribution >= 0.6 is 0 Å². The fraction of sp³-hybridized carbons (Fsp3) is 0.600. The Morgan fingerprint density at radius 3 is 2.59 bits per heavy atom. The molecule has 0 spiro atoms. The number of hydrogen-bond donors (Lipinski definition) is 1. The smallest absolute Gasteiger partial charge is 0.260 e. The topological polar surface area (TPSA) is 91.1 Å². The molecule has 0 aliphatic carbocycles. The molecule has 1 atom stereocenters. The minimum atomic E-state index is -0.329. The van der Waals surface area contributed by atoms with Crippen molar-refractivity contribution in [3.8, 4) is 5.75 Å². The average Bonchev–Trinajstić information content (AvgIpc) is 2.67. The number of nitrogens with two attached hydrogens (primary N) is 1. The highest BCUT2D eigenvalue weighted by atomic mass is 16.5. The number of rotatable bonds is 10. The minimum Gasteiger partial charge on any atom is -0.484 e. The Hall–Kier alpha value is -2.12. The van der Waals surface area contributed by atoms with Crippen molar-refractivity contribution in [1.29, 1.82) is 0 Å². The normalized spacial score (nSPS) is 15.4. The van der Waals surface area contributed by atoms with Crippen molar-refractivity contribution in [2.24, 2.45) is 11.7 Å². The van der Waals surface area contributed by atoms with Crippen LogP contribution in [0.3, 0.4) is 0 Å². The molecule has 7 heteroatoms. The third-order valence-corrected chi connectivity index (χ3v) is 4.59. The van der Waals surface area contributed by atoms with Crippen molar-refractivity contribution < 1.29 is 23.8 Å². The van der Waals surface area contributed by atoms with Crippen LogP contribution in [0, 0.1) is 5.92 Å². The molecule has 0 aromatic heterocycles. The highest BCUT2D eigenvalue weighted by molar-refractivity contribution is 5.78. The van der Waals surface area contributed by atoms with Crippen LogP contribution in [0.2, 0.25) is 0 Å². The Kier molecular flexibility index (Phi) is 8.54. The third-order valence-electron chi connectivity index (χ3n) is 4.59. The van der Waals surface area contributed by atoms with Crippen molar-refractivity contribution in [3.63, 3.8) is 0 Å². The first-order valence-electron chi connectivity index (χ1n) is 9.39. The van der Waals surface area contributed by atoms with Gasteiger partial charge in [-0.05, 0) is 42.5 Å². The first-order valence-corrected chi connectivity index (χ1v) is 9.39. The summed E-state index contributed by atoms with van der Waals surface area (Å²) in [6, 6.07) is 5.89. The Morgan fingerprint density at radius 2 is 1.93 bits per heavy atom. The minimum absolute atomic E-state index is 0.00760. The number of ether oxygens (including phenoxy) is 3. The predicted octanol–water partition coefficient (Wildman–Crippen LogP) is 1.17. The van der Waals surface area contributed by atoms with E-state index in [-0.39, 0.29) is 24.3 Å². The quantitative estimate of drug-likeness (QED) is 0.617. The van der Waals surface area contributed by atoms with E-state index in [0.29, 0.717) is 45.1 Å². The maximum Gasteiger partial charge on any atom is 0.260 e. The van der Waals surface area contributed by atoms with Gasteiger partial charge in [0.05, 0.1) is 13.2 Å². The number of methoxy groups -OCH3 is 1. The molecule has 0 saturated carbocycles. The number of nitrogens with zero attached hydrogens (tertiary/aromatic N) is 1. The Balaban J connectivity index is 2.03. The monoisotopic (exact) mass is 378 g/mol. The first kappa shape index (κ1) is 21.2. The molecule has 1 aromatic rings. The van der Waals surface area contributed by atoms with Gasteiger partial charge in [-0.1, -0.05) is 13.0 Å². The summed E-state index contributed by atoms with van der Waals surface area (Å²) in [5, 5.41) is 0. The lowest BCUT2D eigenvalue weighted by Gasteiger charge is -2.26. The molecule has 1 unspecified atom stereocenters. The van der Waals surface area contributed by atoms with E-state index in [0.717, 1.165) is 24.0 Å². The largest absolute Gasteiger partial charge is 0.484 e. The average molecular weight is 378 g/mol. The number of carbonyl (C=O) groups is 2. The van der Waals surface area contributed by atoms with Crippen molar-refractivity contribution in [1.82, 2.24) is 4.90 Å². The summed E-state index contributed by atoms with van der Waals surface area (Å²) in [4.78, 5) is 25.4. The van der Waals surface area contributed by atoms with E-state index in [2.05, 4.69) is 6.07 Å². The summed E-state index contributed by atoms with van der Waals surface area (Å²) in [5.41, 5.74) is 7.46. The van der Waals surface area contributed by atoms with Gasteiger partial charge in [-0.15, -0.1) is 0 Å². The lowest BCUT2D eigenvalue weighted by atomic mass is 9.97. The number of hydrogen-bond acceptors (Lipinski definition) is 5. The van der Waals surface area contributed by atoms with Gasteiger partial charge in [0.25, 0.3) is 5.91 Å². The van der Waals surface area contributed by atoms with Gasteiger partial charge < -0.3 is 24.8 Å². The van der Waals surface area contributed by atoms with E-state index >= 15 is 0 Å². The number of primary amides is 1. The molecule has 0 bridgehead atoms. The molecule has 0 radical (unpaired) electrons. The SMILES string of the molecule is COCCCc1cc(CC(C)C(N)=O)cc(OCC(=O)N2CCOCC2)c1. The van der Waals surface area contributed by atoms with Crippen LogP contribution in [-0.2, 0) is 31.9 Å². The van der Waals surface area contributed by atoms with Crippen LogP contribution in [-0.4, -0.2) is 63.3 Å². The Labute approximate surface area is 160 Å². The second-order valence-electron chi connectivity index (χ2n) is 6.87. The molecule has 2 rings (SSSR count). The summed E-state index contributed by atoms with van der Waals surface area (Å²) in [6.45, 7) is 4.80. The molecule has 1 fully saturated rings. The van der Waals surface area contributed by atoms with E-state index in [1.807, 2.05) is 19.1 Å². The maximum absolute atomic E-state index is 12.3. The van der Waals surface area contributed by atoms with E-state index in [9.17, 15) is 9.59 Å². The van der Waals surface area contributed by atoms with Crippen LogP contribution in [0.4, 0.5) is 0 Å². The van der Waals surface area contributed by atoms with Gasteiger partial charge in [0.2, 0.25) is 5.91 Å². The third kappa shape index (κ3) is 7.19. The van der Waals surface area contributed by atoms with Crippen molar-refractivity contribution in [3.05, 3.63) is 29.3 Å². The summed E-state index contributed by atoms with van der Waals surface area (Å²) in [7, 11) is 1.68. The lowest BCUT2D eigenvalue weighted by Crippen LogP contribution is -2.42. The zero-order chi connectivity index (χ0) is 19.6. The molecule has 1 saturated heterocycles. The zero-order valence-electron chi connectivity index (χ0n) is 16.2. The summed E-state index contributed by atoms with van der Waals surface area (Å²) >= 11 is 0. The number of amides is 2. The van der Waals surface area contributed by atoms with Gasteiger partial charge in [-0.25, -0.2) is 0 Å². The molecule has 1 aliphatic heterocycles. The molecule has 150 valence electrons. The summed E-state index contributed by atoms with van der Waals surface area (Å²) < 4.78 is 16.1. The Bertz CT molecular complexity index is 629. The molecule has 27 heavy (non-hydrogen) atoms.